The highest BCUT2D eigenvalue weighted by Gasteiger charge is 2.18. The van der Waals surface area contributed by atoms with E-state index >= 15 is 0 Å². The second kappa shape index (κ2) is 10.9. The van der Waals surface area contributed by atoms with Gasteiger partial charge in [-0.25, -0.2) is 14.6 Å². The molecule has 1 aliphatic heterocycles. The molecule has 150 valence electrons. The van der Waals surface area contributed by atoms with Crippen molar-refractivity contribution in [2.75, 3.05) is 37.7 Å². The summed E-state index contributed by atoms with van der Waals surface area (Å²) >= 11 is 0. The highest BCUT2D eigenvalue weighted by atomic mass is 16.5. The van der Waals surface area contributed by atoms with Crippen LogP contribution in [0.5, 0.6) is 5.75 Å². The third-order valence-corrected chi connectivity index (χ3v) is 4.19. The van der Waals surface area contributed by atoms with Crippen LogP contribution >= 0.6 is 0 Å². The average molecular weight is 387 g/mol. The summed E-state index contributed by atoms with van der Waals surface area (Å²) in [4.78, 5) is 27.5. The van der Waals surface area contributed by atoms with Gasteiger partial charge in [-0.2, -0.15) is 0 Å². The number of carboxylic acid groups (broad SMARTS) is 2. The zero-order valence-corrected chi connectivity index (χ0v) is 15.8. The summed E-state index contributed by atoms with van der Waals surface area (Å²) in [6, 6.07) is 14.4. The van der Waals surface area contributed by atoms with Crippen molar-refractivity contribution >= 4 is 17.8 Å². The van der Waals surface area contributed by atoms with E-state index in [1.807, 2.05) is 31.3 Å². The minimum atomic E-state index is -1.82. The maximum Gasteiger partial charge on any atom is 0.414 e. The van der Waals surface area contributed by atoms with Crippen LogP contribution in [0.3, 0.4) is 0 Å². The molecule has 3 rings (SSSR count). The number of anilines is 1. The molecule has 8 heteroatoms. The molecular weight excluding hydrogens is 362 g/mol. The minimum absolute atomic E-state index is 0.713. The summed E-state index contributed by atoms with van der Waals surface area (Å²) < 4.78 is 5.72. The number of aliphatic carboxylic acids is 2. The van der Waals surface area contributed by atoms with Crippen LogP contribution in [-0.2, 0) is 16.1 Å². The number of rotatable bonds is 5. The Labute approximate surface area is 164 Å². The molecule has 1 fully saturated rings. The van der Waals surface area contributed by atoms with Crippen molar-refractivity contribution in [1.82, 2.24) is 9.88 Å². The largest absolute Gasteiger partial charge is 0.494 e. The number of piperazine rings is 1. The second-order valence-electron chi connectivity index (χ2n) is 6.10. The number of benzene rings is 1. The second-order valence-corrected chi connectivity index (χ2v) is 6.10. The van der Waals surface area contributed by atoms with Crippen LogP contribution in [0.25, 0.3) is 0 Å². The van der Waals surface area contributed by atoms with E-state index in [1.54, 1.807) is 0 Å². The Morgan fingerprint density at radius 3 is 2.21 bits per heavy atom. The van der Waals surface area contributed by atoms with Crippen LogP contribution in [0.2, 0.25) is 0 Å². The Morgan fingerprint density at radius 2 is 1.64 bits per heavy atom. The molecule has 0 aliphatic carbocycles. The molecule has 0 radical (unpaired) electrons. The van der Waals surface area contributed by atoms with Gasteiger partial charge >= 0.3 is 11.9 Å². The molecule has 0 spiro atoms. The zero-order valence-electron chi connectivity index (χ0n) is 15.8. The number of nitrogens with zero attached hydrogens (tertiary/aromatic N) is 3. The van der Waals surface area contributed by atoms with Gasteiger partial charge in [0.25, 0.3) is 0 Å². The van der Waals surface area contributed by atoms with Gasteiger partial charge in [-0.15, -0.1) is 0 Å². The molecular formula is C20H25N3O5. The number of carbonyl (C=O) groups is 2. The van der Waals surface area contributed by atoms with Gasteiger partial charge in [-0.1, -0.05) is 24.3 Å². The smallest absolute Gasteiger partial charge is 0.414 e. The number of aromatic nitrogens is 1. The van der Waals surface area contributed by atoms with E-state index in [1.165, 1.54) is 5.56 Å². The van der Waals surface area contributed by atoms with Crippen LogP contribution in [0.15, 0.2) is 48.7 Å². The number of pyridine rings is 1. The quantitative estimate of drug-likeness (QED) is 0.751. The fraction of sp³-hybridized carbons (Fsp3) is 0.350. The first kappa shape index (κ1) is 21.2. The topological polar surface area (TPSA) is 103 Å². The molecule has 0 amide bonds. The first-order valence-electron chi connectivity index (χ1n) is 9.06. The molecule has 28 heavy (non-hydrogen) atoms. The Kier molecular flexibility index (Phi) is 8.23. The van der Waals surface area contributed by atoms with E-state index in [0.29, 0.717) is 6.61 Å². The highest BCUT2D eigenvalue weighted by Crippen LogP contribution is 2.21. The van der Waals surface area contributed by atoms with E-state index in [4.69, 9.17) is 24.5 Å². The fourth-order valence-electron chi connectivity index (χ4n) is 2.85. The predicted molar refractivity (Wildman–Crippen MR) is 105 cm³/mol. The standard InChI is InChI=1S/C18H23N3O.C2H2O4/c1-2-22-17-8-4-3-7-16(17)15-20-11-13-21(14-12-20)18-9-5-6-10-19-18;3-1(4)2(5)6/h3-10H,2,11-15H2,1H3;(H,3,4)(H,5,6). The summed E-state index contributed by atoms with van der Waals surface area (Å²) in [6.45, 7) is 7.84. The molecule has 1 aromatic carbocycles. The van der Waals surface area contributed by atoms with Gasteiger partial charge in [-0.3, -0.25) is 4.90 Å². The van der Waals surface area contributed by atoms with Crippen molar-refractivity contribution in [3.05, 3.63) is 54.2 Å². The van der Waals surface area contributed by atoms with E-state index in [9.17, 15) is 0 Å². The SMILES string of the molecule is CCOc1ccccc1CN1CCN(c2ccccn2)CC1.O=C(O)C(=O)O. The Bertz CT molecular complexity index is 749. The summed E-state index contributed by atoms with van der Waals surface area (Å²) in [5.41, 5.74) is 1.27. The molecule has 1 saturated heterocycles. The molecule has 0 unspecified atom stereocenters. The number of carboxylic acids is 2. The van der Waals surface area contributed by atoms with E-state index in [2.05, 4.69) is 39.0 Å². The van der Waals surface area contributed by atoms with Gasteiger partial charge in [0.05, 0.1) is 6.61 Å². The van der Waals surface area contributed by atoms with E-state index in [0.717, 1.165) is 44.3 Å². The molecule has 0 saturated carbocycles. The fourth-order valence-corrected chi connectivity index (χ4v) is 2.85. The molecule has 2 aromatic rings. The molecule has 1 aromatic heterocycles. The summed E-state index contributed by atoms with van der Waals surface area (Å²) in [5.74, 6) is -1.56. The van der Waals surface area contributed by atoms with Crippen molar-refractivity contribution in [3.8, 4) is 5.75 Å². The monoisotopic (exact) mass is 387 g/mol. The highest BCUT2D eigenvalue weighted by molar-refractivity contribution is 6.27. The number of hydrogen-bond acceptors (Lipinski definition) is 6. The molecule has 0 bridgehead atoms. The molecule has 0 atom stereocenters. The number of ether oxygens (including phenoxy) is 1. The van der Waals surface area contributed by atoms with Gasteiger partial charge in [0.15, 0.2) is 0 Å². The maximum atomic E-state index is 9.10. The molecule has 2 heterocycles. The number of para-hydroxylation sites is 1. The lowest BCUT2D eigenvalue weighted by Gasteiger charge is -2.35. The van der Waals surface area contributed by atoms with Gasteiger partial charge in [0, 0.05) is 44.5 Å². The summed E-state index contributed by atoms with van der Waals surface area (Å²) in [6.07, 6.45) is 1.86. The molecule has 8 nitrogen and oxygen atoms in total. The van der Waals surface area contributed by atoms with Crippen LogP contribution in [0.4, 0.5) is 5.82 Å². The van der Waals surface area contributed by atoms with Crippen molar-refractivity contribution in [2.24, 2.45) is 0 Å². The zero-order chi connectivity index (χ0) is 20.4. The van der Waals surface area contributed by atoms with Crippen molar-refractivity contribution in [3.63, 3.8) is 0 Å². The minimum Gasteiger partial charge on any atom is -0.494 e. The third-order valence-electron chi connectivity index (χ3n) is 4.19. The normalized spacial score (nSPS) is 14.0. The van der Waals surface area contributed by atoms with Crippen LogP contribution in [0.1, 0.15) is 12.5 Å². The average Bonchev–Trinajstić information content (AvgIpc) is 2.71. The predicted octanol–water partition coefficient (Wildman–Crippen LogP) is 1.96. The first-order valence-corrected chi connectivity index (χ1v) is 9.06. The maximum absolute atomic E-state index is 9.10. The lowest BCUT2D eigenvalue weighted by Crippen LogP contribution is -2.46. The van der Waals surface area contributed by atoms with Gasteiger partial charge in [0.2, 0.25) is 0 Å². The van der Waals surface area contributed by atoms with Crippen LogP contribution in [-0.4, -0.2) is 64.8 Å². The summed E-state index contributed by atoms with van der Waals surface area (Å²) in [5, 5.41) is 14.8. The Morgan fingerprint density at radius 1 is 1.00 bits per heavy atom. The van der Waals surface area contributed by atoms with Crippen molar-refractivity contribution < 1.29 is 24.5 Å². The van der Waals surface area contributed by atoms with Gasteiger partial charge in [0.1, 0.15) is 11.6 Å². The molecule has 1 aliphatic rings. The van der Waals surface area contributed by atoms with Crippen molar-refractivity contribution in [2.45, 2.75) is 13.5 Å². The van der Waals surface area contributed by atoms with Crippen LogP contribution < -0.4 is 9.64 Å². The van der Waals surface area contributed by atoms with E-state index < -0.39 is 11.9 Å². The van der Waals surface area contributed by atoms with Crippen LogP contribution in [0, 0.1) is 0 Å². The van der Waals surface area contributed by atoms with Gasteiger partial charge < -0.3 is 19.8 Å². The number of hydrogen-bond donors (Lipinski definition) is 2. The first-order chi connectivity index (χ1) is 13.5. The Hall–Kier alpha value is -3.13. The lowest BCUT2D eigenvalue weighted by atomic mass is 10.1. The summed E-state index contributed by atoms with van der Waals surface area (Å²) in [7, 11) is 0. The Balaban J connectivity index is 0.000000409. The molecule has 2 N–H and O–H groups in total. The van der Waals surface area contributed by atoms with Crippen molar-refractivity contribution in [1.29, 1.82) is 0 Å². The van der Waals surface area contributed by atoms with E-state index in [-0.39, 0.29) is 0 Å². The lowest BCUT2D eigenvalue weighted by molar-refractivity contribution is -0.159. The van der Waals surface area contributed by atoms with Gasteiger partial charge in [-0.05, 0) is 25.1 Å². The third kappa shape index (κ3) is 6.55.